The molecule has 0 atom stereocenters. The molecule has 4 heterocycles. The van der Waals surface area contributed by atoms with Crippen molar-refractivity contribution in [3.05, 3.63) is 236 Å². The zero-order valence-corrected chi connectivity index (χ0v) is 39.1. The highest BCUT2D eigenvalue weighted by Gasteiger charge is 2.42. The van der Waals surface area contributed by atoms with Gasteiger partial charge in [0.2, 0.25) is 0 Å². The van der Waals surface area contributed by atoms with Crippen LogP contribution in [0.4, 0.5) is 0 Å². The maximum atomic E-state index is 5.67. The molecule has 13 aromatic rings. The Kier molecular flexibility index (Phi) is 8.35. The van der Waals surface area contributed by atoms with E-state index < -0.39 is 0 Å². The topological polar surface area (TPSA) is 48.5 Å². The molecule has 0 spiro atoms. The Labute approximate surface area is 410 Å². The molecule has 0 saturated carbocycles. The molecule has 0 N–H and O–H groups in total. The summed E-state index contributed by atoms with van der Waals surface area (Å²) in [7, 11) is 0. The van der Waals surface area contributed by atoms with Gasteiger partial charge in [-0.25, -0.2) is 15.0 Å². The number of aromatic nitrogens is 5. The first kappa shape index (κ1) is 39.8. The van der Waals surface area contributed by atoms with Crippen molar-refractivity contribution in [2.75, 3.05) is 0 Å². The monoisotopic (exact) mass is 905 g/mol. The maximum absolute atomic E-state index is 5.67. The van der Waals surface area contributed by atoms with Gasteiger partial charge < -0.3 is 9.13 Å². The standard InChI is InChI=1S/C66H43N5/c1-66(2)53-29-18-28-50-48-26-13-16-31-56(48)71-57-32-17-14-27-51(57)59-52(39-54(66)61(60(50)53)62(59)71)65-68-63(42-33-34-49-47-25-12-15-30-55(47)70(58(49)38-42)46-23-10-5-11-24-46)67-64(69-65)45-36-43(40-19-6-3-7-20-40)35-44(37-45)41-21-8-4-9-22-41/h3-39H,1-2H3. The largest absolute Gasteiger partial charge is 0.309 e. The van der Waals surface area contributed by atoms with E-state index in [1.807, 2.05) is 0 Å². The summed E-state index contributed by atoms with van der Waals surface area (Å²) in [5.41, 5.74) is 21.5. The van der Waals surface area contributed by atoms with Crippen molar-refractivity contribution in [3.8, 4) is 90.0 Å². The van der Waals surface area contributed by atoms with Gasteiger partial charge in [0.1, 0.15) is 0 Å². The van der Waals surface area contributed by atoms with Crippen LogP contribution in [-0.2, 0) is 5.41 Å². The van der Waals surface area contributed by atoms with Crippen molar-refractivity contribution in [1.29, 1.82) is 0 Å². The van der Waals surface area contributed by atoms with Crippen LogP contribution in [0.15, 0.2) is 224 Å². The van der Waals surface area contributed by atoms with E-state index in [0.29, 0.717) is 17.5 Å². The fraction of sp³-hybridized carbons (Fsp3) is 0.0455. The Morgan fingerprint density at radius 2 is 0.901 bits per heavy atom. The molecule has 332 valence electrons. The van der Waals surface area contributed by atoms with E-state index in [9.17, 15) is 0 Å². The van der Waals surface area contributed by atoms with Gasteiger partial charge in [-0.2, -0.15) is 0 Å². The lowest BCUT2D eigenvalue weighted by Crippen LogP contribution is -2.15. The van der Waals surface area contributed by atoms with Crippen LogP contribution in [0.3, 0.4) is 0 Å². The van der Waals surface area contributed by atoms with Gasteiger partial charge in [-0.15, -0.1) is 0 Å². The third kappa shape index (κ3) is 5.78. The predicted molar refractivity (Wildman–Crippen MR) is 292 cm³/mol. The SMILES string of the molecule is CC1(C)c2cccc3c2-c2c1cc(-c1nc(-c4cc(-c5ccccc5)cc(-c5ccccc5)c4)nc(-c4ccc5c6ccccc6n(-c6ccccc6)c5c4)n1)c1c4ccccc4n(c21)-c1ccccc1-3. The average Bonchev–Trinajstić information content (AvgIpc) is 4.00. The molecule has 5 heteroatoms. The van der Waals surface area contributed by atoms with Gasteiger partial charge in [-0.1, -0.05) is 178 Å². The smallest absolute Gasteiger partial charge is 0.164 e. The lowest BCUT2D eigenvalue weighted by Gasteiger charge is -2.23. The van der Waals surface area contributed by atoms with Gasteiger partial charge in [0.05, 0.1) is 27.8 Å². The number of nitrogens with zero attached hydrogens (tertiary/aromatic N) is 5. The van der Waals surface area contributed by atoms with Crippen LogP contribution in [0.2, 0.25) is 0 Å². The minimum atomic E-state index is -0.305. The Balaban J connectivity index is 1.06. The summed E-state index contributed by atoms with van der Waals surface area (Å²) in [6.45, 7) is 4.76. The Bertz CT molecular complexity index is 4290. The summed E-state index contributed by atoms with van der Waals surface area (Å²) in [4.78, 5) is 16.9. The molecule has 1 aliphatic heterocycles. The Hall–Kier alpha value is -9.19. The van der Waals surface area contributed by atoms with E-state index in [0.717, 1.165) is 72.0 Å². The molecule has 1 aliphatic carbocycles. The Morgan fingerprint density at radius 3 is 1.63 bits per heavy atom. The van der Waals surface area contributed by atoms with Crippen LogP contribution >= 0.6 is 0 Å². The zero-order valence-electron chi connectivity index (χ0n) is 39.1. The van der Waals surface area contributed by atoms with E-state index in [1.165, 1.54) is 55.4 Å². The van der Waals surface area contributed by atoms with E-state index in [4.69, 9.17) is 15.0 Å². The van der Waals surface area contributed by atoms with Gasteiger partial charge in [0.25, 0.3) is 0 Å². The molecule has 2 aliphatic rings. The minimum absolute atomic E-state index is 0.305. The maximum Gasteiger partial charge on any atom is 0.164 e. The minimum Gasteiger partial charge on any atom is -0.309 e. The first-order chi connectivity index (χ1) is 35.0. The Morgan fingerprint density at radius 1 is 0.338 bits per heavy atom. The molecular weight excluding hydrogens is 863 g/mol. The number of benzene rings is 10. The van der Waals surface area contributed by atoms with E-state index in [-0.39, 0.29) is 5.41 Å². The van der Waals surface area contributed by atoms with Gasteiger partial charge in [-0.05, 0) is 105 Å². The molecule has 0 unspecified atom stereocenters. The van der Waals surface area contributed by atoms with Crippen molar-refractivity contribution >= 4 is 43.6 Å². The molecule has 10 aromatic carbocycles. The lowest BCUT2D eigenvalue weighted by molar-refractivity contribution is 0.661. The number of hydrogen-bond acceptors (Lipinski definition) is 3. The molecule has 0 saturated heterocycles. The molecule has 5 nitrogen and oxygen atoms in total. The summed E-state index contributed by atoms with van der Waals surface area (Å²) in [6, 6.07) is 81.0. The molecule has 0 fully saturated rings. The van der Waals surface area contributed by atoms with E-state index in [1.54, 1.807) is 0 Å². The van der Waals surface area contributed by atoms with Crippen LogP contribution in [0, 0.1) is 0 Å². The second-order valence-corrected chi connectivity index (χ2v) is 19.6. The van der Waals surface area contributed by atoms with Crippen molar-refractivity contribution in [3.63, 3.8) is 0 Å². The molecule has 3 aromatic heterocycles. The second-order valence-electron chi connectivity index (χ2n) is 19.6. The average molecular weight is 906 g/mol. The van der Waals surface area contributed by atoms with Crippen LogP contribution in [0.5, 0.6) is 0 Å². The molecular formula is C66H43N5. The fourth-order valence-electron chi connectivity index (χ4n) is 12.0. The van der Waals surface area contributed by atoms with Crippen LogP contribution < -0.4 is 0 Å². The third-order valence-electron chi connectivity index (χ3n) is 15.3. The van der Waals surface area contributed by atoms with Crippen molar-refractivity contribution in [2.45, 2.75) is 19.3 Å². The first-order valence-electron chi connectivity index (χ1n) is 24.4. The number of para-hydroxylation sites is 4. The first-order valence-corrected chi connectivity index (χ1v) is 24.4. The van der Waals surface area contributed by atoms with Crippen molar-refractivity contribution in [1.82, 2.24) is 24.1 Å². The van der Waals surface area contributed by atoms with Gasteiger partial charge >= 0.3 is 0 Å². The number of fused-ring (bicyclic) bond motifs is 9. The summed E-state index contributed by atoms with van der Waals surface area (Å²) in [6.07, 6.45) is 0. The highest BCUT2D eigenvalue weighted by Crippen LogP contribution is 2.59. The fourth-order valence-corrected chi connectivity index (χ4v) is 12.0. The summed E-state index contributed by atoms with van der Waals surface area (Å²) in [5.74, 6) is 1.86. The van der Waals surface area contributed by atoms with Gasteiger partial charge in [0, 0.05) is 60.5 Å². The molecule has 0 bridgehead atoms. The quantitative estimate of drug-likeness (QED) is 0.167. The second kappa shape index (κ2) is 14.9. The van der Waals surface area contributed by atoms with Crippen LogP contribution in [0.25, 0.3) is 134 Å². The van der Waals surface area contributed by atoms with Crippen LogP contribution in [0.1, 0.15) is 25.0 Å². The summed E-state index contributed by atoms with van der Waals surface area (Å²) >= 11 is 0. The highest BCUT2D eigenvalue weighted by molar-refractivity contribution is 6.23. The van der Waals surface area contributed by atoms with E-state index in [2.05, 4.69) is 247 Å². The van der Waals surface area contributed by atoms with Gasteiger partial charge in [-0.3, -0.25) is 0 Å². The van der Waals surface area contributed by atoms with Gasteiger partial charge in [0.15, 0.2) is 17.5 Å². The lowest BCUT2D eigenvalue weighted by atomic mass is 9.81. The molecule has 71 heavy (non-hydrogen) atoms. The van der Waals surface area contributed by atoms with E-state index >= 15 is 0 Å². The normalized spacial score (nSPS) is 13.0. The summed E-state index contributed by atoms with van der Waals surface area (Å²) in [5, 5.41) is 4.67. The number of hydrogen-bond donors (Lipinski definition) is 0. The van der Waals surface area contributed by atoms with Crippen LogP contribution in [-0.4, -0.2) is 24.1 Å². The molecule has 0 radical (unpaired) electrons. The molecule has 0 amide bonds. The van der Waals surface area contributed by atoms with Crippen molar-refractivity contribution < 1.29 is 0 Å². The number of rotatable bonds is 6. The zero-order chi connectivity index (χ0) is 47.0. The van der Waals surface area contributed by atoms with Crippen molar-refractivity contribution in [2.24, 2.45) is 0 Å². The summed E-state index contributed by atoms with van der Waals surface area (Å²) < 4.78 is 4.88. The third-order valence-corrected chi connectivity index (χ3v) is 15.3. The molecule has 15 rings (SSSR count). The highest BCUT2D eigenvalue weighted by atomic mass is 15.0. The predicted octanol–water partition coefficient (Wildman–Crippen LogP) is 16.7.